The number of nitrogens with one attached hydrogen (secondary N) is 1. The summed E-state index contributed by atoms with van der Waals surface area (Å²) in [6, 6.07) is 3.21. The third-order valence-electron chi connectivity index (χ3n) is 11.5. The number of amides is 2. The van der Waals surface area contributed by atoms with Crippen molar-refractivity contribution in [2.75, 3.05) is 6.54 Å². The van der Waals surface area contributed by atoms with E-state index >= 15 is 0 Å². The summed E-state index contributed by atoms with van der Waals surface area (Å²) in [6.45, 7) is 9.14. The lowest BCUT2D eigenvalue weighted by Gasteiger charge is -2.32. The van der Waals surface area contributed by atoms with E-state index in [9.17, 15) is 36.4 Å². The molecule has 56 heavy (non-hydrogen) atoms. The number of ether oxygens (including phenoxy) is 4. The van der Waals surface area contributed by atoms with Crippen LogP contribution in [0.25, 0.3) is 10.8 Å². The van der Waals surface area contributed by atoms with Crippen molar-refractivity contribution in [2.24, 2.45) is 29.1 Å². The Morgan fingerprint density at radius 1 is 1.05 bits per heavy atom. The second-order valence-electron chi connectivity index (χ2n) is 17.3. The number of aromatic nitrogens is 1. The number of hydrogen-bond donors (Lipinski definition) is 1. The van der Waals surface area contributed by atoms with Gasteiger partial charge < -0.3 is 23.8 Å². The maximum absolute atomic E-state index is 14.8. The van der Waals surface area contributed by atoms with Crippen LogP contribution in [0.15, 0.2) is 36.5 Å². The van der Waals surface area contributed by atoms with Gasteiger partial charge in [0.15, 0.2) is 17.3 Å². The number of nitrogens with zero attached hydrogens (tertiary/aromatic N) is 2. The molecular weight excluding hydrogens is 753 g/mol. The zero-order valence-corrected chi connectivity index (χ0v) is 33.0. The van der Waals surface area contributed by atoms with Gasteiger partial charge in [0.1, 0.15) is 11.7 Å². The fraction of sp³-hybridized carbons (Fsp3) is 0.625. The van der Waals surface area contributed by atoms with Gasteiger partial charge in [-0.1, -0.05) is 26.0 Å². The van der Waals surface area contributed by atoms with E-state index in [-0.39, 0.29) is 72.7 Å². The number of halogens is 2. The third kappa shape index (κ3) is 8.35. The predicted octanol–water partition coefficient (Wildman–Crippen LogP) is 5.84. The van der Waals surface area contributed by atoms with Crippen molar-refractivity contribution in [3.05, 3.63) is 36.5 Å². The number of benzene rings is 1. The maximum Gasteiger partial charge on any atom is 0.586 e. The highest BCUT2D eigenvalue weighted by molar-refractivity contribution is 7.90. The fourth-order valence-electron chi connectivity index (χ4n) is 8.43. The van der Waals surface area contributed by atoms with Crippen LogP contribution in [0.2, 0.25) is 0 Å². The van der Waals surface area contributed by atoms with E-state index in [1.54, 1.807) is 20.8 Å². The van der Waals surface area contributed by atoms with E-state index in [1.165, 1.54) is 29.3 Å². The molecule has 1 aromatic heterocycles. The first kappa shape index (κ1) is 39.9. The normalized spacial score (nSPS) is 31.1. The summed E-state index contributed by atoms with van der Waals surface area (Å²) in [5, 5.41) is -0.0498. The molecular formula is C40H49F2N3O10S. The zero-order chi connectivity index (χ0) is 40.4. The SMILES string of the molecule is C[C@H]1CC/C=C\[C@@H]2C[C@@]2(C(=O)NS(=O)(=O)C2CC2)CC(=O)[C@@H]2C[C@@H](Oc3nccc4c5c(ccc34)OC(F)(F)O5)CN2C(=O)[C@@H](CC(=O)OC(C)(C)C)[C@H](C)C1. The minimum Gasteiger partial charge on any atom is -0.472 e. The van der Waals surface area contributed by atoms with Crippen molar-refractivity contribution in [3.8, 4) is 17.4 Å². The topological polar surface area (TPSA) is 168 Å². The summed E-state index contributed by atoms with van der Waals surface area (Å²) in [5.74, 6) is -3.80. The van der Waals surface area contributed by atoms with Crippen LogP contribution in [-0.2, 0) is 33.9 Å². The Balaban J connectivity index is 1.22. The Morgan fingerprint density at radius 2 is 1.80 bits per heavy atom. The van der Waals surface area contributed by atoms with Crippen LogP contribution in [0, 0.1) is 29.1 Å². The standard InChI is InChI=1S/C40H49F2N3O10S/c1-22-8-6-7-9-24-19-39(24,37(49)44-56(50,51)26-10-11-26)20-31(46)30-17-25(21-45(30)36(48)29(23(2)16-22)18-33(47)54-38(3,4)5)52-35-28-12-13-32-34(27(28)14-15-43-35)55-40(41,42)53-32/h7,9,12-15,22-26,29-30H,6,8,10-11,16-21H2,1-5H3,(H,44,49)/b9-7-/t22-,23+,24+,25+,29-,30-,39+/m0/s1. The average molecular weight is 802 g/mol. The van der Waals surface area contributed by atoms with E-state index < -0.39 is 74.2 Å². The van der Waals surface area contributed by atoms with Gasteiger partial charge in [-0.2, -0.15) is 0 Å². The van der Waals surface area contributed by atoms with Crippen LogP contribution in [0.3, 0.4) is 0 Å². The van der Waals surface area contributed by atoms with Crippen molar-refractivity contribution in [3.63, 3.8) is 0 Å². The van der Waals surface area contributed by atoms with Crippen molar-refractivity contribution in [2.45, 2.75) is 122 Å². The van der Waals surface area contributed by atoms with Crippen LogP contribution in [0.1, 0.15) is 92.4 Å². The average Bonchev–Trinajstić information content (AvgIpc) is 4.00. The van der Waals surface area contributed by atoms with Crippen LogP contribution in [0.5, 0.6) is 17.4 Å². The van der Waals surface area contributed by atoms with Crippen LogP contribution in [0.4, 0.5) is 8.78 Å². The number of carbonyl (C=O) groups excluding carboxylic acids is 4. The number of rotatable bonds is 7. The van der Waals surface area contributed by atoms with E-state index in [4.69, 9.17) is 14.2 Å². The summed E-state index contributed by atoms with van der Waals surface area (Å²) < 4.78 is 77.4. The number of Topliss-reactive ketones (excluding diaryl/α,β-unsaturated/α-hetero) is 1. The Bertz CT molecular complexity index is 2070. The monoisotopic (exact) mass is 801 g/mol. The highest BCUT2D eigenvalue weighted by atomic mass is 32.2. The molecule has 0 spiro atoms. The molecule has 5 aliphatic rings. The second kappa shape index (κ2) is 14.6. The van der Waals surface area contributed by atoms with Gasteiger partial charge in [-0.05, 0) is 95.2 Å². The third-order valence-corrected chi connectivity index (χ3v) is 13.3. The van der Waals surface area contributed by atoms with Crippen molar-refractivity contribution >= 4 is 44.4 Å². The van der Waals surface area contributed by atoms with Crippen LogP contribution >= 0.6 is 0 Å². The van der Waals surface area contributed by atoms with Crippen molar-refractivity contribution < 1.29 is 55.3 Å². The van der Waals surface area contributed by atoms with Gasteiger partial charge in [0, 0.05) is 29.8 Å². The van der Waals surface area contributed by atoms with E-state index in [0.717, 1.165) is 6.42 Å². The quantitative estimate of drug-likeness (QED) is 0.264. The Labute approximate surface area is 324 Å². The first-order valence-corrected chi connectivity index (χ1v) is 20.9. The number of allylic oxidation sites excluding steroid dienone is 2. The van der Waals surface area contributed by atoms with Gasteiger partial charge in [-0.3, -0.25) is 23.9 Å². The Hall–Kier alpha value is -4.34. The number of fused-ring (bicyclic) bond motifs is 5. The molecule has 1 N–H and O–H groups in total. The Morgan fingerprint density at radius 3 is 2.52 bits per heavy atom. The number of alkyl halides is 2. The number of esters is 1. The fourth-order valence-corrected chi connectivity index (χ4v) is 9.82. The summed E-state index contributed by atoms with van der Waals surface area (Å²) in [4.78, 5) is 62.3. The molecule has 1 aromatic carbocycles. The molecule has 304 valence electrons. The molecule has 3 fully saturated rings. The molecule has 0 radical (unpaired) electrons. The van der Waals surface area contributed by atoms with Gasteiger partial charge in [0.2, 0.25) is 27.7 Å². The highest BCUT2D eigenvalue weighted by Gasteiger charge is 2.62. The smallest absolute Gasteiger partial charge is 0.472 e. The number of ketones is 1. The van der Waals surface area contributed by atoms with E-state index in [0.29, 0.717) is 31.1 Å². The molecule has 0 unspecified atom stereocenters. The lowest BCUT2D eigenvalue weighted by Crippen LogP contribution is -2.47. The second-order valence-corrected chi connectivity index (χ2v) is 19.2. The zero-order valence-electron chi connectivity index (χ0n) is 32.2. The van der Waals surface area contributed by atoms with Crippen molar-refractivity contribution in [1.82, 2.24) is 14.6 Å². The molecule has 1 saturated heterocycles. The number of hydrogen-bond acceptors (Lipinski definition) is 11. The highest BCUT2D eigenvalue weighted by Crippen LogP contribution is 2.57. The Kier molecular flexibility index (Phi) is 10.4. The lowest BCUT2D eigenvalue weighted by molar-refractivity contribution is -0.286. The lowest BCUT2D eigenvalue weighted by atomic mass is 9.82. The van der Waals surface area contributed by atoms with Gasteiger partial charge in [0.25, 0.3) is 0 Å². The van der Waals surface area contributed by atoms with Gasteiger partial charge >= 0.3 is 12.3 Å². The van der Waals surface area contributed by atoms with Crippen molar-refractivity contribution in [1.29, 1.82) is 0 Å². The van der Waals surface area contributed by atoms with Gasteiger partial charge in [-0.25, -0.2) is 13.4 Å². The van der Waals surface area contributed by atoms with Crippen LogP contribution < -0.4 is 18.9 Å². The molecule has 4 heterocycles. The molecule has 7 rings (SSSR count). The summed E-state index contributed by atoms with van der Waals surface area (Å²) in [6.07, 6.45) is 3.28. The summed E-state index contributed by atoms with van der Waals surface area (Å²) >= 11 is 0. The number of carbonyl (C=O) groups is 4. The van der Waals surface area contributed by atoms with E-state index in [1.807, 2.05) is 19.1 Å². The number of pyridine rings is 1. The van der Waals surface area contributed by atoms with Gasteiger partial charge in [-0.15, -0.1) is 8.78 Å². The first-order valence-electron chi connectivity index (χ1n) is 19.4. The number of sulfonamides is 1. The summed E-state index contributed by atoms with van der Waals surface area (Å²) in [7, 11) is -3.90. The molecule has 2 aliphatic carbocycles. The molecule has 3 aliphatic heterocycles. The molecule has 7 atom stereocenters. The molecule has 0 bridgehead atoms. The first-order chi connectivity index (χ1) is 26.2. The molecule has 13 nitrogen and oxygen atoms in total. The molecule has 16 heteroatoms. The minimum absolute atomic E-state index is 0.00617. The molecule has 2 saturated carbocycles. The van der Waals surface area contributed by atoms with Gasteiger partial charge in [0.05, 0.1) is 35.6 Å². The molecule has 2 aromatic rings. The summed E-state index contributed by atoms with van der Waals surface area (Å²) in [5.41, 5.74) is -2.12. The molecule has 2 amide bonds. The maximum atomic E-state index is 14.8. The van der Waals surface area contributed by atoms with E-state index in [2.05, 4.69) is 21.4 Å². The minimum atomic E-state index is -3.90. The largest absolute Gasteiger partial charge is 0.586 e. The van der Waals surface area contributed by atoms with Crippen LogP contribution in [-0.4, -0.2) is 77.7 Å². The predicted molar refractivity (Wildman–Crippen MR) is 198 cm³/mol.